The number of hydrogen-bond acceptors (Lipinski definition) is 21. The van der Waals surface area contributed by atoms with Crippen LogP contribution in [0.3, 0.4) is 0 Å². The SMILES string of the molecule is CC12C=CC(=O)C=C1CCC1C2C(=O)CC2(C)C1CC[C@]2(O)C(=O)CSc1nccc(C(F)(F)F)n1.CC12CCC(=O)C=C1CCC1C2C(=O)CC2(C)C1CC[C@]2(O)C(=O)CSc1nc(-c2ccccc2)c(-c2ccccc2)o1.CC12CCC(=O)C=C1CCC1C2C(=O)CC2(C)C1CC[C@]2(O)C(=O)CSc1nc2ccccc2n1CCC#N. The monoisotopic (exact) mass is 1660 g/mol. The second-order valence-corrected chi connectivity index (χ2v) is 39.5. The van der Waals surface area contributed by atoms with Gasteiger partial charge in [0.05, 0.1) is 40.8 Å². The van der Waals surface area contributed by atoms with Crippen molar-refractivity contribution in [1.82, 2.24) is 24.5 Å². The van der Waals surface area contributed by atoms with E-state index in [2.05, 4.69) is 29.9 Å². The van der Waals surface area contributed by atoms with Crippen LogP contribution in [-0.2, 0) is 55.9 Å². The number of hydrogen-bond donors (Lipinski definition) is 3. The van der Waals surface area contributed by atoms with Crippen LogP contribution in [0.25, 0.3) is 33.6 Å². The number of aromatic nitrogens is 5. The van der Waals surface area contributed by atoms with Crippen LogP contribution >= 0.6 is 35.3 Å². The summed E-state index contributed by atoms with van der Waals surface area (Å²) in [6, 6.07) is 30.3. The minimum atomic E-state index is -4.63. The molecule has 18 rings (SSSR count). The molecule has 3 aromatic heterocycles. The molecule has 3 aromatic carbocycles. The number of aryl methyl sites for hydroxylation is 1. The van der Waals surface area contributed by atoms with Crippen LogP contribution in [-0.4, -0.2) is 126 Å². The lowest BCUT2D eigenvalue weighted by Gasteiger charge is -2.57. The van der Waals surface area contributed by atoms with Crippen molar-refractivity contribution in [3.8, 4) is 28.7 Å². The molecule has 15 unspecified atom stereocenters. The predicted octanol–water partition coefficient (Wildman–Crippen LogP) is 16.5. The number of aliphatic hydroxyl groups is 3. The van der Waals surface area contributed by atoms with Crippen LogP contribution in [0.2, 0.25) is 0 Å². The molecule has 19 nitrogen and oxygen atoms in total. The number of ketones is 9. The first kappa shape index (κ1) is 83.3. The van der Waals surface area contributed by atoms with E-state index in [1.165, 1.54) is 29.6 Å². The van der Waals surface area contributed by atoms with Gasteiger partial charge in [0.15, 0.2) is 50.8 Å². The highest BCUT2D eigenvalue weighted by atomic mass is 32.2. The lowest BCUT2D eigenvalue weighted by atomic mass is 9.46. The largest absolute Gasteiger partial charge is 0.433 e. The summed E-state index contributed by atoms with van der Waals surface area (Å²) in [5.74, 6) is -0.382. The average Bonchev–Trinajstić information content (AvgIpc) is 1.44. The lowest BCUT2D eigenvalue weighted by Crippen LogP contribution is -2.60. The molecule has 3 heterocycles. The van der Waals surface area contributed by atoms with Crippen molar-refractivity contribution in [3.63, 3.8) is 0 Å². The van der Waals surface area contributed by atoms with Gasteiger partial charge in [0.25, 0.3) is 5.22 Å². The number of benzene rings is 3. The summed E-state index contributed by atoms with van der Waals surface area (Å²) in [6.07, 6.45) is 15.7. The van der Waals surface area contributed by atoms with Gasteiger partial charge in [0.1, 0.15) is 45.5 Å². The molecule has 3 N–H and O–H groups in total. The molecule has 9 saturated carbocycles. The second-order valence-electron chi connectivity index (χ2n) is 36.7. The van der Waals surface area contributed by atoms with Crippen LogP contribution in [0.1, 0.15) is 176 Å². The van der Waals surface area contributed by atoms with Crippen LogP contribution in [0.15, 0.2) is 164 Å². The third-order valence-corrected chi connectivity index (χ3v) is 33.7. The van der Waals surface area contributed by atoms with Crippen LogP contribution < -0.4 is 0 Å². The van der Waals surface area contributed by atoms with Gasteiger partial charge in [0.2, 0.25) is 0 Å². The number of allylic oxidation sites excluding steroid dienone is 6. The van der Waals surface area contributed by atoms with E-state index in [1.807, 2.05) is 116 Å². The Balaban J connectivity index is 0.000000133. The summed E-state index contributed by atoms with van der Waals surface area (Å²) in [6.45, 7) is 12.5. The number of nitrogens with zero attached hydrogens (tertiary/aromatic N) is 6. The van der Waals surface area contributed by atoms with Gasteiger partial charge in [-0.1, -0.05) is 172 Å². The third-order valence-electron chi connectivity index (χ3n) is 31.1. The van der Waals surface area contributed by atoms with E-state index >= 15 is 0 Å². The fourth-order valence-electron chi connectivity index (χ4n) is 25.0. The van der Waals surface area contributed by atoms with Crippen molar-refractivity contribution in [3.05, 3.63) is 150 Å². The molecule has 0 radical (unpaired) electrons. The molecule has 6 aromatic rings. The smallest absolute Gasteiger partial charge is 0.431 e. The van der Waals surface area contributed by atoms with Gasteiger partial charge in [-0.25, -0.2) is 19.9 Å². The fourth-order valence-corrected chi connectivity index (χ4v) is 27.6. The minimum absolute atomic E-state index is 0.0107. The Bertz CT molecular complexity index is 5270. The van der Waals surface area contributed by atoms with Crippen molar-refractivity contribution in [1.29, 1.82) is 5.26 Å². The molecule has 12 aliphatic rings. The molecular formula is C93H99F3N6O13S3. The number of thioether (sulfide) groups is 3. The van der Waals surface area contributed by atoms with E-state index in [-0.39, 0.29) is 158 Å². The molecule has 12 aliphatic carbocycles. The van der Waals surface area contributed by atoms with Crippen molar-refractivity contribution < 1.29 is 76.1 Å². The molecule has 118 heavy (non-hydrogen) atoms. The van der Waals surface area contributed by atoms with E-state index in [1.54, 1.807) is 25.2 Å². The van der Waals surface area contributed by atoms with E-state index in [0.29, 0.717) is 92.6 Å². The Morgan fingerprint density at radius 2 is 1.03 bits per heavy atom. The van der Waals surface area contributed by atoms with Gasteiger partial charge < -0.3 is 24.3 Å². The van der Waals surface area contributed by atoms with Crippen LogP contribution in [0, 0.1) is 97.1 Å². The number of rotatable bonds is 16. The number of para-hydroxylation sites is 2. The van der Waals surface area contributed by atoms with Crippen molar-refractivity contribution in [2.45, 2.75) is 215 Å². The maximum atomic E-state index is 14.0. The summed E-state index contributed by atoms with van der Waals surface area (Å²) in [4.78, 5) is 136. The van der Waals surface area contributed by atoms with Crippen LogP contribution in [0.5, 0.6) is 0 Å². The number of carbonyl (C=O) groups excluding carboxylic acids is 9. The van der Waals surface area contributed by atoms with E-state index in [0.717, 1.165) is 101 Å². The Morgan fingerprint density at radius 1 is 0.551 bits per heavy atom. The quantitative estimate of drug-likeness (QED) is 0.0599. The number of Topliss-reactive ketones (excluding diaryl/α,β-unsaturated/α-hetero) is 6. The standard InChI is InChI=1S/C36H37NO5S.C31H35N3O4S.C26H27F3N2O4S/c1-34-17-15-25(38)19-24(34)13-14-26-27-16-18-36(41,35(27,2)20-28(39)30(26)34)29(40)21-43-33-37-31(22-9-5-3-6-10-22)32(42-33)23-11-7-4-8-12-23;1-29-12-10-20(35)16-19(29)8-9-21-22-11-13-31(38,30(22,2)17-25(36)27(21)29)26(37)18-39-28-33-23-6-3-4-7-24(23)34(28)15-5-14-32;1-23-8-5-15(32)11-14(23)3-4-16-17-6-9-25(35,24(17,2)12-18(33)21(16)23)20(34)13-36-22-30-10-7-19(31-22)26(27,28)29/h3-12,19,26-27,30,41H,13-18,20-21H2,1-2H3;3-4,6-7,16,21-22,27,38H,5,8-13,15,17-18H2,1-2H3;5,7-8,10-11,16-17,21,35H,3-4,6,9,12-13H2,1-2H3/t26?,27?,30?,34?,35?,36-;21?,22?,27?,29?,30?,31-;16?,17?,21?,23?,24?,25-/m000/s1. The zero-order valence-corrected chi connectivity index (χ0v) is 69.7. The Morgan fingerprint density at radius 3 is 1.55 bits per heavy atom. The molecule has 0 saturated heterocycles. The van der Waals surface area contributed by atoms with E-state index < -0.39 is 56.1 Å². The van der Waals surface area contributed by atoms with Gasteiger partial charge in [-0.2, -0.15) is 18.4 Å². The van der Waals surface area contributed by atoms with Gasteiger partial charge in [-0.15, -0.1) is 0 Å². The highest BCUT2D eigenvalue weighted by Crippen LogP contribution is 2.71. The maximum Gasteiger partial charge on any atom is 0.433 e. The maximum absolute atomic E-state index is 14.0. The van der Waals surface area contributed by atoms with Crippen molar-refractivity contribution in [2.24, 2.45) is 85.8 Å². The number of alkyl halides is 3. The molecule has 0 amide bonds. The number of imidazole rings is 1. The molecular weight excluding hydrogens is 1560 g/mol. The molecule has 0 aliphatic heterocycles. The van der Waals surface area contributed by atoms with Gasteiger partial charge in [0, 0.05) is 95.4 Å². The molecule has 0 spiro atoms. The Labute approximate surface area is 696 Å². The van der Waals surface area contributed by atoms with Gasteiger partial charge in [-0.05, 0) is 179 Å². The van der Waals surface area contributed by atoms with Crippen LogP contribution in [0.4, 0.5) is 13.2 Å². The lowest BCUT2D eigenvalue weighted by molar-refractivity contribution is -0.168. The summed E-state index contributed by atoms with van der Waals surface area (Å²) >= 11 is 3.26. The first-order valence-corrected chi connectivity index (χ1v) is 44.5. The molecule has 618 valence electrons. The molecule has 9 fully saturated rings. The van der Waals surface area contributed by atoms with E-state index in [9.17, 15) is 71.6 Å². The summed E-state index contributed by atoms with van der Waals surface area (Å²) in [5, 5.41) is 45.9. The molecule has 18 atom stereocenters. The molecule has 0 bridgehead atoms. The van der Waals surface area contributed by atoms with E-state index in [4.69, 9.17) is 19.6 Å². The number of oxazole rings is 1. The summed E-state index contributed by atoms with van der Waals surface area (Å²) in [5.41, 5.74) is -2.25. The topological polar surface area (TPSA) is 308 Å². The Hall–Kier alpha value is -8.38. The minimum Gasteiger partial charge on any atom is -0.431 e. The zero-order chi connectivity index (χ0) is 83.7. The molecule has 25 heteroatoms. The highest BCUT2D eigenvalue weighted by molar-refractivity contribution is 8.00. The number of nitriles is 1. The van der Waals surface area contributed by atoms with Crippen molar-refractivity contribution in [2.75, 3.05) is 17.3 Å². The first-order chi connectivity index (χ1) is 56.1. The predicted molar refractivity (Wildman–Crippen MR) is 438 cm³/mol. The second kappa shape index (κ2) is 30.9. The van der Waals surface area contributed by atoms with Crippen molar-refractivity contribution >= 4 is 98.4 Å². The summed E-state index contributed by atoms with van der Waals surface area (Å²) in [7, 11) is 0. The number of carbonyl (C=O) groups is 9. The normalized spacial score (nSPS) is 35.4. The summed E-state index contributed by atoms with van der Waals surface area (Å²) < 4.78 is 47.1. The van der Waals surface area contributed by atoms with Gasteiger partial charge >= 0.3 is 6.18 Å². The average molecular weight is 1660 g/mol. The Kier molecular flexibility index (Phi) is 21.8. The zero-order valence-electron chi connectivity index (χ0n) is 67.3. The third kappa shape index (κ3) is 13.7. The van der Waals surface area contributed by atoms with Gasteiger partial charge in [-0.3, -0.25) is 43.2 Å². The number of halogens is 3. The fraction of sp³-hybridized carbons (Fsp3) is 0.527. The number of fused-ring (bicyclic) bond motifs is 16. The first-order valence-electron chi connectivity index (χ1n) is 41.6. The highest BCUT2D eigenvalue weighted by Gasteiger charge is 2.72.